The van der Waals surface area contributed by atoms with Gasteiger partial charge in [0.25, 0.3) is 11.8 Å². The van der Waals surface area contributed by atoms with Crippen LogP contribution in [0, 0.1) is 6.92 Å². The van der Waals surface area contributed by atoms with E-state index in [-0.39, 0.29) is 18.1 Å². The molecular formula is C22H22F3N5O3. The number of hydrogen-bond donors (Lipinski definition) is 0. The molecule has 1 aliphatic heterocycles. The number of hydrogen-bond acceptors (Lipinski definition) is 6. The number of fused-ring (bicyclic) bond motifs is 1. The number of ether oxygens (including phenoxy) is 2. The minimum Gasteiger partial charge on any atom is -0.488 e. The van der Waals surface area contributed by atoms with Gasteiger partial charge in [-0.1, -0.05) is 6.92 Å². The molecule has 0 saturated carbocycles. The van der Waals surface area contributed by atoms with Gasteiger partial charge in [-0.3, -0.25) is 19.4 Å². The Morgan fingerprint density at radius 3 is 2.70 bits per heavy atom. The third kappa shape index (κ3) is 4.62. The van der Waals surface area contributed by atoms with Gasteiger partial charge in [0.1, 0.15) is 6.54 Å². The van der Waals surface area contributed by atoms with E-state index in [9.17, 15) is 18.0 Å². The highest BCUT2D eigenvalue weighted by atomic mass is 19.4. The SMILES string of the molecule is CCCOc1cc(-c2cc(C)c3c(n2)CN(c2cnn(CC(F)(F)F)c2)C3=O)cnc1OC. The van der Waals surface area contributed by atoms with E-state index < -0.39 is 12.7 Å². The first-order valence-corrected chi connectivity index (χ1v) is 10.3. The first kappa shape index (κ1) is 22.6. The smallest absolute Gasteiger partial charge is 0.408 e. The molecule has 3 aromatic rings. The number of nitrogens with zero attached hydrogens (tertiary/aromatic N) is 5. The first-order chi connectivity index (χ1) is 15.7. The fourth-order valence-corrected chi connectivity index (χ4v) is 3.66. The maximum atomic E-state index is 13.0. The van der Waals surface area contributed by atoms with Crippen molar-refractivity contribution in [2.75, 3.05) is 18.6 Å². The third-order valence-corrected chi connectivity index (χ3v) is 5.10. The highest BCUT2D eigenvalue weighted by Crippen LogP contribution is 2.34. The van der Waals surface area contributed by atoms with E-state index in [0.717, 1.165) is 11.1 Å². The second kappa shape index (κ2) is 8.72. The van der Waals surface area contributed by atoms with E-state index in [1.807, 2.05) is 6.92 Å². The molecule has 1 aliphatic rings. The molecule has 0 aliphatic carbocycles. The average molecular weight is 461 g/mol. The molecule has 174 valence electrons. The maximum absolute atomic E-state index is 13.0. The second-order valence-electron chi connectivity index (χ2n) is 7.63. The Balaban J connectivity index is 1.64. The van der Waals surface area contributed by atoms with Crippen molar-refractivity contribution in [1.82, 2.24) is 19.7 Å². The minimum absolute atomic E-state index is 0.128. The number of methoxy groups -OCH3 is 1. The van der Waals surface area contributed by atoms with Crippen LogP contribution in [0.15, 0.2) is 30.7 Å². The number of aromatic nitrogens is 4. The van der Waals surface area contributed by atoms with E-state index in [0.29, 0.717) is 46.3 Å². The Morgan fingerprint density at radius 2 is 2.00 bits per heavy atom. The van der Waals surface area contributed by atoms with Crippen LogP contribution in [-0.2, 0) is 13.1 Å². The van der Waals surface area contributed by atoms with E-state index in [1.165, 1.54) is 24.4 Å². The largest absolute Gasteiger partial charge is 0.488 e. The van der Waals surface area contributed by atoms with E-state index >= 15 is 0 Å². The predicted molar refractivity (Wildman–Crippen MR) is 113 cm³/mol. The molecule has 3 aromatic heterocycles. The van der Waals surface area contributed by atoms with Gasteiger partial charge in [-0.15, -0.1) is 0 Å². The molecule has 0 aromatic carbocycles. The number of amides is 1. The van der Waals surface area contributed by atoms with Crippen LogP contribution in [0.3, 0.4) is 0 Å². The topological polar surface area (TPSA) is 82.4 Å². The van der Waals surface area contributed by atoms with Crippen LogP contribution >= 0.6 is 0 Å². The summed E-state index contributed by atoms with van der Waals surface area (Å²) < 4.78 is 49.7. The van der Waals surface area contributed by atoms with Gasteiger partial charge in [0.2, 0.25) is 0 Å². The number of aryl methyl sites for hydroxylation is 1. The summed E-state index contributed by atoms with van der Waals surface area (Å²) in [7, 11) is 1.51. The Morgan fingerprint density at radius 1 is 1.21 bits per heavy atom. The highest BCUT2D eigenvalue weighted by Gasteiger charge is 2.34. The number of rotatable bonds is 7. The van der Waals surface area contributed by atoms with Gasteiger partial charge in [-0.2, -0.15) is 18.3 Å². The summed E-state index contributed by atoms with van der Waals surface area (Å²) in [6.45, 7) is 3.19. The lowest BCUT2D eigenvalue weighted by molar-refractivity contribution is -0.142. The molecule has 0 N–H and O–H groups in total. The zero-order chi connectivity index (χ0) is 23.8. The van der Waals surface area contributed by atoms with E-state index in [4.69, 9.17) is 9.47 Å². The molecule has 0 radical (unpaired) electrons. The lowest BCUT2D eigenvalue weighted by Gasteiger charge is -2.12. The van der Waals surface area contributed by atoms with Gasteiger partial charge >= 0.3 is 6.18 Å². The third-order valence-electron chi connectivity index (χ3n) is 5.10. The van der Waals surface area contributed by atoms with Crippen molar-refractivity contribution in [2.24, 2.45) is 0 Å². The van der Waals surface area contributed by atoms with Crippen molar-refractivity contribution < 1.29 is 27.4 Å². The van der Waals surface area contributed by atoms with Gasteiger partial charge in [-0.25, -0.2) is 4.98 Å². The van der Waals surface area contributed by atoms with Crippen LogP contribution in [0.1, 0.15) is 35.0 Å². The summed E-state index contributed by atoms with van der Waals surface area (Å²) in [6.07, 6.45) is 0.484. The number of halogens is 3. The summed E-state index contributed by atoms with van der Waals surface area (Å²) in [4.78, 5) is 23.3. The van der Waals surface area contributed by atoms with Crippen LogP contribution in [-0.4, -0.2) is 45.5 Å². The summed E-state index contributed by atoms with van der Waals surface area (Å²) in [5.41, 5.74) is 3.25. The maximum Gasteiger partial charge on any atom is 0.408 e. The molecule has 8 nitrogen and oxygen atoms in total. The molecular weight excluding hydrogens is 439 g/mol. The van der Waals surface area contributed by atoms with Crippen molar-refractivity contribution in [3.8, 4) is 22.9 Å². The Hall–Kier alpha value is -3.63. The second-order valence-corrected chi connectivity index (χ2v) is 7.63. The molecule has 11 heteroatoms. The van der Waals surface area contributed by atoms with Gasteiger partial charge in [0, 0.05) is 18.0 Å². The summed E-state index contributed by atoms with van der Waals surface area (Å²) >= 11 is 0. The predicted octanol–water partition coefficient (Wildman–Crippen LogP) is 4.17. The molecule has 0 unspecified atom stereocenters. The number of carbonyl (C=O) groups is 1. The fraction of sp³-hybridized carbons (Fsp3) is 0.364. The molecule has 1 amide bonds. The van der Waals surface area contributed by atoms with Crippen LogP contribution in [0.5, 0.6) is 11.6 Å². The van der Waals surface area contributed by atoms with Crippen molar-refractivity contribution in [3.63, 3.8) is 0 Å². The average Bonchev–Trinajstić information content (AvgIpc) is 3.34. The molecule has 0 spiro atoms. The Labute approximate surface area is 188 Å². The monoisotopic (exact) mass is 461 g/mol. The normalized spacial score (nSPS) is 13.4. The van der Waals surface area contributed by atoms with Crippen LogP contribution in [0.4, 0.5) is 18.9 Å². The number of carbonyl (C=O) groups excluding carboxylic acids is 1. The number of pyridine rings is 2. The highest BCUT2D eigenvalue weighted by molar-refractivity contribution is 6.10. The van der Waals surface area contributed by atoms with E-state index in [1.54, 1.807) is 25.3 Å². The number of alkyl halides is 3. The van der Waals surface area contributed by atoms with Gasteiger partial charge in [0.15, 0.2) is 5.75 Å². The van der Waals surface area contributed by atoms with Crippen LogP contribution in [0.2, 0.25) is 0 Å². The molecule has 0 fully saturated rings. The molecule has 33 heavy (non-hydrogen) atoms. The summed E-state index contributed by atoms with van der Waals surface area (Å²) in [5.74, 6) is 0.529. The zero-order valence-electron chi connectivity index (χ0n) is 18.3. The fourth-order valence-electron chi connectivity index (χ4n) is 3.66. The van der Waals surface area contributed by atoms with Crippen molar-refractivity contribution in [2.45, 2.75) is 39.5 Å². The van der Waals surface area contributed by atoms with Crippen molar-refractivity contribution in [1.29, 1.82) is 0 Å². The Kier molecular flexibility index (Phi) is 5.96. The standard InChI is InChI=1S/C22H22F3N5O3/c1-4-5-33-18-7-14(8-26-20(18)32-3)16-6-13(2)19-17(28-16)11-30(21(19)31)15-9-27-29(10-15)12-22(23,24)25/h6-10H,4-5,11-12H2,1-3H3. The Bertz CT molecular complexity index is 1190. The molecule has 0 saturated heterocycles. The lowest BCUT2D eigenvalue weighted by Crippen LogP contribution is -2.23. The van der Waals surface area contributed by atoms with Crippen LogP contribution in [0.25, 0.3) is 11.3 Å². The zero-order valence-corrected chi connectivity index (χ0v) is 18.3. The molecule has 0 bridgehead atoms. The van der Waals surface area contributed by atoms with Gasteiger partial charge in [-0.05, 0) is 31.0 Å². The summed E-state index contributed by atoms with van der Waals surface area (Å²) in [5, 5.41) is 3.73. The quantitative estimate of drug-likeness (QED) is 0.525. The molecule has 4 rings (SSSR count). The van der Waals surface area contributed by atoms with Gasteiger partial charge < -0.3 is 9.47 Å². The first-order valence-electron chi connectivity index (χ1n) is 10.3. The molecule has 0 atom stereocenters. The summed E-state index contributed by atoms with van der Waals surface area (Å²) in [6, 6.07) is 3.56. The van der Waals surface area contributed by atoms with Crippen LogP contribution < -0.4 is 14.4 Å². The lowest BCUT2D eigenvalue weighted by atomic mass is 10.0. The minimum atomic E-state index is -4.40. The van der Waals surface area contributed by atoms with Crippen molar-refractivity contribution >= 4 is 11.6 Å². The van der Waals surface area contributed by atoms with Crippen molar-refractivity contribution in [3.05, 3.63) is 47.5 Å². The van der Waals surface area contributed by atoms with E-state index in [2.05, 4.69) is 15.1 Å². The number of anilines is 1. The van der Waals surface area contributed by atoms with Gasteiger partial charge in [0.05, 0.1) is 49.1 Å². The molecule has 4 heterocycles.